The van der Waals surface area contributed by atoms with Crippen molar-refractivity contribution in [1.82, 2.24) is 15.0 Å². The molecule has 2 aliphatic rings. The molecule has 0 bridgehead atoms. The molecule has 292 valence electrons. The Morgan fingerprint density at radius 1 is 0.254 bits per heavy atom. The van der Waals surface area contributed by atoms with Crippen LogP contribution in [0.3, 0.4) is 0 Å². The van der Waals surface area contributed by atoms with Gasteiger partial charge in [-0.3, -0.25) is 0 Å². The average Bonchev–Trinajstić information content (AvgIpc) is 3.84. The van der Waals surface area contributed by atoms with Crippen LogP contribution in [0, 0.1) is 0 Å². The van der Waals surface area contributed by atoms with Crippen molar-refractivity contribution < 1.29 is 0 Å². The molecule has 2 aliphatic carbocycles. The number of aromatic nitrogens is 3. The Morgan fingerprint density at radius 3 is 1.30 bits per heavy atom. The first-order valence-electron chi connectivity index (χ1n) is 21.6. The van der Waals surface area contributed by atoms with Crippen LogP contribution in [-0.2, 0) is 5.41 Å². The first kappa shape index (κ1) is 35.5. The average molecular weight is 800 g/mol. The van der Waals surface area contributed by atoms with E-state index in [0.29, 0.717) is 17.5 Å². The zero-order valence-electron chi connectivity index (χ0n) is 34.2. The number of nitrogens with zero attached hydrogens (tertiary/aromatic N) is 3. The quantitative estimate of drug-likeness (QED) is 0.174. The monoisotopic (exact) mass is 799 g/mol. The molecule has 10 aromatic carbocycles. The molecule has 3 heteroatoms. The molecule has 1 aromatic heterocycles. The van der Waals surface area contributed by atoms with Gasteiger partial charge in [-0.1, -0.05) is 218 Å². The van der Waals surface area contributed by atoms with E-state index in [1.807, 2.05) is 0 Å². The molecule has 0 radical (unpaired) electrons. The normalized spacial score (nSPS) is 12.9. The van der Waals surface area contributed by atoms with Crippen LogP contribution in [0.25, 0.3) is 100 Å². The molecule has 0 saturated heterocycles. The number of rotatable bonds is 5. The van der Waals surface area contributed by atoms with Crippen molar-refractivity contribution in [3.8, 4) is 78.7 Å². The van der Waals surface area contributed by atoms with Crippen LogP contribution in [0.5, 0.6) is 0 Å². The topological polar surface area (TPSA) is 38.7 Å². The van der Waals surface area contributed by atoms with Gasteiger partial charge in [0.25, 0.3) is 0 Å². The lowest BCUT2D eigenvalue weighted by Crippen LogP contribution is -2.25. The Bertz CT molecular complexity index is 3490. The van der Waals surface area contributed by atoms with E-state index in [4.69, 9.17) is 15.0 Å². The molecule has 11 aromatic rings. The van der Waals surface area contributed by atoms with E-state index >= 15 is 0 Å². The predicted octanol–water partition coefficient (Wildman–Crippen LogP) is 14.9. The first-order valence-corrected chi connectivity index (χ1v) is 21.6. The van der Waals surface area contributed by atoms with Gasteiger partial charge in [0.2, 0.25) is 0 Å². The zero-order valence-corrected chi connectivity index (χ0v) is 34.2. The summed E-state index contributed by atoms with van der Waals surface area (Å²) in [4.78, 5) is 15.5. The molecule has 0 fully saturated rings. The Labute approximate surface area is 365 Å². The van der Waals surface area contributed by atoms with E-state index in [-0.39, 0.29) is 5.41 Å². The van der Waals surface area contributed by atoms with Gasteiger partial charge in [-0.2, -0.15) is 0 Å². The third-order valence-electron chi connectivity index (χ3n) is 13.4. The third kappa shape index (κ3) is 5.30. The van der Waals surface area contributed by atoms with Crippen molar-refractivity contribution in [3.05, 3.63) is 247 Å². The van der Waals surface area contributed by atoms with Gasteiger partial charge in [-0.05, 0) is 94.4 Å². The summed E-state index contributed by atoms with van der Waals surface area (Å²) in [6, 6.07) is 81.1. The van der Waals surface area contributed by atoms with Crippen molar-refractivity contribution in [2.24, 2.45) is 0 Å². The maximum atomic E-state index is 5.17. The highest BCUT2D eigenvalue weighted by Crippen LogP contribution is 2.64. The third-order valence-corrected chi connectivity index (χ3v) is 13.4. The molecule has 0 unspecified atom stereocenters. The van der Waals surface area contributed by atoms with Crippen molar-refractivity contribution in [2.45, 2.75) is 5.41 Å². The van der Waals surface area contributed by atoms with Gasteiger partial charge in [0.05, 0.1) is 5.41 Å². The van der Waals surface area contributed by atoms with E-state index < -0.39 is 0 Å². The van der Waals surface area contributed by atoms with Gasteiger partial charge in [-0.15, -0.1) is 0 Å². The summed E-state index contributed by atoms with van der Waals surface area (Å²) in [5.74, 6) is 1.94. The second-order valence-corrected chi connectivity index (χ2v) is 16.6. The van der Waals surface area contributed by atoms with Crippen LogP contribution in [0.15, 0.2) is 224 Å². The SMILES string of the molecule is c1cc(-c2ccc(-c3nc(-c4cccc5ccccc45)nc(-c4cccc5ccccc45)n3)cc2)cc(-c2cccc3c2-c2ccccc2C32c3ccccc3-c3ccccc32)c1. The van der Waals surface area contributed by atoms with E-state index in [9.17, 15) is 0 Å². The number of hydrogen-bond acceptors (Lipinski definition) is 3. The second kappa shape index (κ2) is 13.9. The minimum Gasteiger partial charge on any atom is -0.208 e. The molecule has 0 saturated carbocycles. The molecule has 13 rings (SSSR count). The van der Waals surface area contributed by atoms with Gasteiger partial charge >= 0.3 is 0 Å². The highest BCUT2D eigenvalue weighted by atomic mass is 15.0. The highest BCUT2D eigenvalue weighted by molar-refractivity contribution is 6.01. The summed E-state index contributed by atoms with van der Waals surface area (Å²) in [6.07, 6.45) is 0. The van der Waals surface area contributed by atoms with Crippen molar-refractivity contribution in [1.29, 1.82) is 0 Å². The standard InChI is InChI=1S/C60H37N3/c1-3-21-44-39(15-1)17-12-27-49(44)58-61-57(62-59(63-58)50-28-13-18-40-16-2-4-22-45(40)50)41-35-33-38(34-36-41)42-19-11-20-43(37-42)46-26-14-32-55-56(46)51-25-7-10-31-54(51)60(55)52-29-8-5-23-47(52)48-24-6-9-30-53(48)60/h1-37H. The molecule has 0 atom stereocenters. The lowest BCUT2D eigenvalue weighted by Gasteiger charge is -2.30. The maximum absolute atomic E-state index is 5.17. The Kier molecular flexibility index (Phi) is 7.82. The maximum Gasteiger partial charge on any atom is 0.164 e. The highest BCUT2D eigenvalue weighted by Gasteiger charge is 2.51. The van der Waals surface area contributed by atoms with E-state index in [2.05, 4.69) is 224 Å². The first-order chi connectivity index (χ1) is 31.2. The van der Waals surface area contributed by atoms with Crippen molar-refractivity contribution in [3.63, 3.8) is 0 Å². The lowest BCUT2D eigenvalue weighted by molar-refractivity contribution is 0.794. The molecule has 1 spiro atoms. The Hall–Kier alpha value is -8.27. The van der Waals surface area contributed by atoms with Gasteiger partial charge in [0.1, 0.15) is 0 Å². The van der Waals surface area contributed by atoms with Crippen LogP contribution in [0.1, 0.15) is 22.3 Å². The van der Waals surface area contributed by atoms with E-state index in [1.54, 1.807) is 0 Å². The fourth-order valence-electron chi connectivity index (χ4n) is 10.6. The Balaban J connectivity index is 0.922. The molecular formula is C60H37N3. The van der Waals surface area contributed by atoms with E-state index in [1.165, 1.54) is 55.6 Å². The molecule has 0 N–H and O–H groups in total. The summed E-state index contributed by atoms with van der Waals surface area (Å²) in [6.45, 7) is 0. The Morgan fingerprint density at radius 2 is 0.667 bits per heavy atom. The van der Waals surface area contributed by atoms with Crippen LogP contribution < -0.4 is 0 Å². The number of benzene rings is 10. The lowest BCUT2D eigenvalue weighted by atomic mass is 9.70. The molecule has 63 heavy (non-hydrogen) atoms. The van der Waals surface area contributed by atoms with Crippen LogP contribution in [0.4, 0.5) is 0 Å². The molecule has 0 aliphatic heterocycles. The molecular weight excluding hydrogens is 763 g/mol. The van der Waals surface area contributed by atoms with Crippen LogP contribution in [-0.4, -0.2) is 15.0 Å². The predicted molar refractivity (Wildman–Crippen MR) is 258 cm³/mol. The van der Waals surface area contributed by atoms with Crippen molar-refractivity contribution in [2.75, 3.05) is 0 Å². The van der Waals surface area contributed by atoms with Gasteiger partial charge < -0.3 is 0 Å². The fraction of sp³-hybridized carbons (Fsp3) is 0.0167. The molecule has 0 amide bonds. The fourth-order valence-corrected chi connectivity index (χ4v) is 10.6. The minimum absolute atomic E-state index is 0.376. The van der Waals surface area contributed by atoms with Crippen LogP contribution >= 0.6 is 0 Å². The van der Waals surface area contributed by atoms with Gasteiger partial charge in [0.15, 0.2) is 17.5 Å². The van der Waals surface area contributed by atoms with Crippen LogP contribution in [0.2, 0.25) is 0 Å². The largest absolute Gasteiger partial charge is 0.208 e. The molecule has 1 heterocycles. The summed E-state index contributed by atoms with van der Waals surface area (Å²) >= 11 is 0. The minimum atomic E-state index is -0.376. The smallest absolute Gasteiger partial charge is 0.164 e. The van der Waals surface area contributed by atoms with E-state index in [0.717, 1.165) is 49.4 Å². The number of fused-ring (bicyclic) bond motifs is 12. The summed E-state index contributed by atoms with van der Waals surface area (Å²) in [5, 5.41) is 4.51. The van der Waals surface area contributed by atoms with Gasteiger partial charge in [0, 0.05) is 16.7 Å². The number of hydrogen-bond donors (Lipinski definition) is 0. The second-order valence-electron chi connectivity index (χ2n) is 16.6. The summed E-state index contributed by atoms with van der Waals surface area (Å²) in [7, 11) is 0. The summed E-state index contributed by atoms with van der Waals surface area (Å²) in [5.41, 5.74) is 17.9. The van der Waals surface area contributed by atoms with Crippen molar-refractivity contribution >= 4 is 21.5 Å². The summed E-state index contributed by atoms with van der Waals surface area (Å²) < 4.78 is 0. The molecule has 3 nitrogen and oxygen atoms in total. The zero-order chi connectivity index (χ0) is 41.5. The van der Waals surface area contributed by atoms with Gasteiger partial charge in [-0.25, -0.2) is 15.0 Å².